The molecule has 3 unspecified atom stereocenters. The van der Waals surface area contributed by atoms with Crippen molar-refractivity contribution in [3.63, 3.8) is 0 Å². The summed E-state index contributed by atoms with van der Waals surface area (Å²) in [7, 11) is -3.74. The fraction of sp³-hybridized carbons (Fsp3) is 0.409. The Hall–Kier alpha value is -2.56. The highest BCUT2D eigenvalue weighted by atomic mass is 32.2. The summed E-state index contributed by atoms with van der Waals surface area (Å²) in [6.07, 6.45) is 0.926. The average molecular weight is 477 g/mol. The predicted molar refractivity (Wildman–Crippen MR) is 119 cm³/mol. The number of nitrogens with one attached hydrogen (secondary N) is 1. The van der Waals surface area contributed by atoms with Crippen molar-refractivity contribution in [3.05, 3.63) is 58.3 Å². The Labute approximate surface area is 190 Å². The first kappa shape index (κ1) is 22.6. The molecule has 2 amide bonds. The van der Waals surface area contributed by atoms with Gasteiger partial charge in [-0.2, -0.15) is 11.3 Å². The Morgan fingerprint density at radius 1 is 1.22 bits per heavy atom. The highest BCUT2D eigenvalue weighted by Gasteiger charge is 2.46. The molecule has 170 valence electrons. The molecule has 8 nitrogen and oxygen atoms in total. The molecule has 0 bridgehead atoms. The van der Waals surface area contributed by atoms with Gasteiger partial charge in [0.2, 0.25) is 5.91 Å². The SMILES string of the molecule is O=C(NC(CS(=O)(=O)Cc1ccccc1)C(=O)N1CCCC2OCC(=O)C21)c1ccsc1. The van der Waals surface area contributed by atoms with Gasteiger partial charge >= 0.3 is 0 Å². The maximum atomic E-state index is 13.5. The molecule has 2 saturated heterocycles. The van der Waals surface area contributed by atoms with Crippen molar-refractivity contribution in [2.24, 2.45) is 0 Å². The molecule has 1 N–H and O–H groups in total. The minimum Gasteiger partial charge on any atom is -0.368 e. The van der Waals surface area contributed by atoms with Gasteiger partial charge in [0.1, 0.15) is 18.7 Å². The third kappa shape index (κ3) is 5.08. The summed E-state index contributed by atoms with van der Waals surface area (Å²) < 4.78 is 31.4. The summed E-state index contributed by atoms with van der Waals surface area (Å²) in [5, 5.41) is 5.95. The lowest BCUT2D eigenvalue weighted by atomic mass is 9.97. The van der Waals surface area contributed by atoms with E-state index in [0.717, 1.165) is 0 Å². The second-order valence-electron chi connectivity index (χ2n) is 8.01. The van der Waals surface area contributed by atoms with Crippen LogP contribution in [-0.2, 0) is 29.9 Å². The largest absolute Gasteiger partial charge is 0.368 e. The monoisotopic (exact) mass is 476 g/mol. The normalized spacial score (nSPS) is 21.8. The number of nitrogens with zero attached hydrogens (tertiary/aromatic N) is 1. The second-order valence-corrected chi connectivity index (χ2v) is 10.9. The van der Waals surface area contributed by atoms with Crippen LogP contribution in [0, 0.1) is 0 Å². The number of ketones is 1. The van der Waals surface area contributed by atoms with Crippen LogP contribution >= 0.6 is 11.3 Å². The summed E-state index contributed by atoms with van der Waals surface area (Å²) >= 11 is 1.32. The highest BCUT2D eigenvalue weighted by Crippen LogP contribution is 2.27. The van der Waals surface area contributed by atoms with Crippen molar-refractivity contribution in [2.45, 2.75) is 36.8 Å². The van der Waals surface area contributed by atoms with Gasteiger partial charge in [-0.05, 0) is 29.9 Å². The molecular formula is C22H24N2O6S2. The number of piperidine rings is 1. The van der Waals surface area contributed by atoms with E-state index < -0.39 is 39.5 Å². The molecule has 32 heavy (non-hydrogen) atoms. The number of likely N-dealkylation sites (tertiary alicyclic amines) is 1. The number of sulfone groups is 1. The van der Waals surface area contributed by atoms with E-state index in [-0.39, 0.29) is 24.2 Å². The first-order valence-corrected chi connectivity index (χ1v) is 13.1. The van der Waals surface area contributed by atoms with E-state index in [2.05, 4.69) is 5.32 Å². The summed E-state index contributed by atoms with van der Waals surface area (Å²) in [6.45, 7) is 0.260. The van der Waals surface area contributed by atoms with E-state index in [1.165, 1.54) is 16.2 Å². The molecule has 0 aliphatic carbocycles. The maximum Gasteiger partial charge on any atom is 0.252 e. The Balaban J connectivity index is 1.57. The minimum atomic E-state index is -3.74. The molecule has 2 fully saturated rings. The van der Waals surface area contributed by atoms with E-state index in [0.29, 0.717) is 30.5 Å². The van der Waals surface area contributed by atoms with Crippen LogP contribution in [0.1, 0.15) is 28.8 Å². The predicted octanol–water partition coefficient (Wildman–Crippen LogP) is 1.42. The third-order valence-electron chi connectivity index (χ3n) is 5.67. The Bertz CT molecular complexity index is 1080. The molecular weight excluding hydrogens is 452 g/mol. The minimum absolute atomic E-state index is 0.0582. The lowest BCUT2D eigenvalue weighted by Crippen LogP contribution is -2.59. The molecule has 3 atom stereocenters. The number of amides is 2. The number of thiophene rings is 1. The number of Topliss-reactive ketones (excluding diaryl/α,β-unsaturated/α-hetero) is 1. The van der Waals surface area contributed by atoms with Crippen LogP contribution in [0.5, 0.6) is 0 Å². The molecule has 0 spiro atoms. The number of hydrogen-bond acceptors (Lipinski definition) is 7. The van der Waals surface area contributed by atoms with Crippen molar-refractivity contribution < 1.29 is 27.5 Å². The molecule has 2 aliphatic rings. The zero-order valence-corrected chi connectivity index (χ0v) is 18.9. The van der Waals surface area contributed by atoms with E-state index in [1.54, 1.807) is 47.2 Å². The number of carbonyl (C=O) groups excluding carboxylic acids is 3. The fourth-order valence-electron chi connectivity index (χ4n) is 4.19. The zero-order chi connectivity index (χ0) is 22.7. The highest BCUT2D eigenvalue weighted by molar-refractivity contribution is 7.90. The van der Waals surface area contributed by atoms with E-state index in [9.17, 15) is 22.8 Å². The van der Waals surface area contributed by atoms with E-state index >= 15 is 0 Å². The van der Waals surface area contributed by atoms with Gasteiger partial charge in [0.25, 0.3) is 5.91 Å². The van der Waals surface area contributed by atoms with Gasteiger partial charge in [0.15, 0.2) is 15.6 Å². The Morgan fingerprint density at radius 3 is 2.72 bits per heavy atom. The molecule has 4 rings (SSSR count). The molecule has 2 aliphatic heterocycles. The van der Waals surface area contributed by atoms with Crippen molar-refractivity contribution >= 4 is 38.8 Å². The second kappa shape index (κ2) is 9.51. The van der Waals surface area contributed by atoms with Gasteiger partial charge in [-0.25, -0.2) is 8.42 Å². The summed E-state index contributed by atoms with van der Waals surface area (Å²) in [5.74, 6) is -2.10. The van der Waals surface area contributed by atoms with E-state index in [4.69, 9.17) is 4.74 Å². The molecule has 1 aromatic heterocycles. The van der Waals surface area contributed by atoms with Gasteiger partial charge < -0.3 is 15.0 Å². The van der Waals surface area contributed by atoms with Crippen LogP contribution in [0.2, 0.25) is 0 Å². The number of ether oxygens (including phenoxy) is 1. The van der Waals surface area contributed by atoms with Crippen molar-refractivity contribution in [3.8, 4) is 0 Å². The molecule has 0 saturated carbocycles. The van der Waals surface area contributed by atoms with E-state index in [1.807, 2.05) is 0 Å². The lowest BCUT2D eigenvalue weighted by Gasteiger charge is -2.37. The molecule has 2 aromatic rings. The first-order valence-electron chi connectivity index (χ1n) is 10.4. The van der Waals surface area contributed by atoms with Gasteiger partial charge in [-0.1, -0.05) is 30.3 Å². The topological polar surface area (TPSA) is 110 Å². The first-order chi connectivity index (χ1) is 15.3. The number of fused-ring (bicyclic) bond motifs is 1. The van der Waals surface area contributed by atoms with Gasteiger partial charge in [0, 0.05) is 11.9 Å². The fourth-order valence-corrected chi connectivity index (χ4v) is 6.38. The smallest absolute Gasteiger partial charge is 0.252 e. The van der Waals surface area contributed by atoms with Crippen LogP contribution in [0.25, 0.3) is 0 Å². The molecule has 3 heterocycles. The summed E-state index contributed by atoms with van der Waals surface area (Å²) in [4.78, 5) is 39.9. The number of rotatable bonds is 7. The molecule has 1 aromatic carbocycles. The van der Waals surface area contributed by atoms with Crippen LogP contribution in [-0.4, -0.2) is 68.0 Å². The summed E-state index contributed by atoms with van der Waals surface area (Å²) in [5.41, 5.74) is 0.949. The third-order valence-corrected chi connectivity index (χ3v) is 7.96. The van der Waals surface area contributed by atoms with Crippen molar-refractivity contribution in [1.82, 2.24) is 10.2 Å². The van der Waals surface area contributed by atoms with Crippen molar-refractivity contribution in [2.75, 3.05) is 18.9 Å². The van der Waals surface area contributed by atoms with Gasteiger partial charge in [0.05, 0.1) is 23.2 Å². The lowest BCUT2D eigenvalue weighted by molar-refractivity contribution is -0.142. The Kier molecular flexibility index (Phi) is 6.73. The van der Waals surface area contributed by atoms with Crippen LogP contribution < -0.4 is 5.32 Å². The zero-order valence-electron chi connectivity index (χ0n) is 17.3. The summed E-state index contributed by atoms with van der Waals surface area (Å²) in [6, 6.07) is 8.24. The van der Waals surface area contributed by atoms with Crippen LogP contribution in [0.3, 0.4) is 0 Å². The molecule has 0 radical (unpaired) electrons. The molecule has 10 heteroatoms. The Morgan fingerprint density at radius 2 is 2.00 bits per heavy atom. The van der Waals surface area contributed by atoms with Crippen molar-refractivity contribution in [1.29, 1.82) is 0 Å². The van der Waals surface area contributed by atoms with Crippen LogP contribution in [0.4, 0.5) is 0 Å². The number of hydrogen-bond donors (Lipinski definition) is 1. The standard InChI is InChI=1S/C22H24N2O6S2/c25-18-11-30-19-7-4-9-24(20(18)19)22(27)17(23-21(26)16-8-10-31-12-16)14-32(28,29)13-15-5-2-1-3-6-15/h1-3,5-6,8,10,12,17,19-20H,4,7,9,11,13-14H2,(H,23,26). The number of carbonyl (C=O) groups is 3. The average Bonchev–Trinajstić information content (AvgIpc) is 3.43. The van der Waals surface area contributed by atoms with Gasteiger partial charge in [-0.3, -0.25) is 14.4 Å². The van der Waals surface area contributed by atoms with Crippen LogP contribution in [0.15, 0.2) is 47.2 Å². The quantitative estimate of drug-likeness (QED) is 0.647. The maximum absolute atomic E-state index is 13.5. The number of benzene rings is 1. The van der Waals surface area contributed by atoms with Gasteiger partial charge in [-0.15, -0.1) is 0 Å².